The van der Waals surface area contributed by atoms with Crippen LogP contribution < -0.4 is 19.5 Å². The molecular formula is C21H24F3NO4S. The summed E-state index contributed by atoms with van der Waals surface area (Å²) in [7, 11) is 0. The van der Waals surface area contributed by atoms with Gasteiger partial charge in [-0.3, -0.25) is 4.79 Å². The Hall–Kier alpha value is -2.55. The molecule has 0 fully saturated rings. The van der Waals surface area contributed by atoms with E-state index in [4.69, 9.17) is 14.2 Å². The fourth-order valence-electron chi connectivity index (χ4n) is 2.57. The van der Waals surface area contributed by atoms with Crippen LogP contribution in [0.5, 0.6) is 17.2 Å². The topological polar surface area (TPSA) is 56.8 Å². The van der Waals surface area contributed by atoms with E-state index in [0.717, 1.165) is 0 Å². The van der Waals surface area contributed by atoms with Crippen LogP contribution in [0.2, 0.25) is 0 Å². The van der Waals surface area contributed by atoms with E-state index in [2.05, 4.69) is 5.32 Å². The van der Waals surface area contributed by atoms with Gasteiger partial charge in [0.05, 0.1) is 31.3 Å². The number of amides is 1. The molecule has 2 rings (SSSR count). The molecule has 0 saturated heterocycles. The molecule has 0 spiro atoms. The van der Waals surface area contributed by atoms with Crippen LogP contribution in [0.15, 0.2) is 41.3 Å². The van der Waals surface area contributed by atoms with Crippen LogP contribution in [0.4, 0.5) is 18.9 Å². The molecule has 2 aromatic carbocycles. The van der Waals surface area contributed by atoms with Gasteiger partial charge in [0.2, 0.25) is 5.75 Å². The van der Waals surface area contributed by atoms with Gasteiger partial charge in [0, 0.05) is 10.5 Å². The molecule has 9 heteroatoms. The van der Waals surface area contributed by atoms with Crippen LogP contribution in [-0.4, -0.2) is 37.7 Å². The molecular weight excluding hydrogens is 419 g/mol. The van der Waals surface area contributed by atoms with Crippen LogP contribution in [-0.2, 0) is 0 Å². The molecule has 0 aliphatic rings. The smallest absolute Gasteiger partial charge is 0.398 e. The predicted molar refractivity (Wildman–Crippen MR) is 111 cm³/mol. The summed E-state index contributed by atoms with van der Waals surface area (Å²) in [5.74, 6) is -0.435. The van der Waals surface area contributed by atoms with E-state index in [9.17, 15) is 18.0 Å². The zero-order valence-electron chi connectivity index (χ0n) is 17.0. The Morgan fingerprint density at radius 3 is 2.07 bits per heavy atom. The molecule has 0 radical (unpaired) electrons. The highest BCUT2D eigenvalue weighted by atomic mass is 32.2. The first kappa shape index (κ1) is 23.7. The number of halogens is 3. The van der Waals surface area contributed by atoms with Crippen LogP contribution >= 0.6 is 11.8 Å². The zero-order valence-corrected chi connectivity index (χ0v) is 17.8. The van der Waals surface area contributed by atoms with Crippen molar-refractivity contribution < 1.29 is 32.2 Å². The van der Waals surface area contributed by atoms with Gasteiger partial charge in [-0.15, -0.1) is 11.8 Å². The lowest BCUT2D eigenvalue weighted by atomic mass is 10.1. The molecule has 0 unspecified atom stereocenters. The number of hydrogen-bond acceptors (Lipinski definition) is 5. The lowest BCUT2D eigenvalue weighted by Gasteiger charge is -2.17. The third kappa shape index (κ3) is 6.76. The largest absolute Gasteiger partial charge is 0.490 e. The van der Waals surface area contributed by atoms with Crippen molar-refractivity contribution in [2.75, 3.05) is 30.9 Å². The number of thioether (sulfide) groups is 1. The fourth-order valence-corrected chi connectivity index (χ4v) is 3.34. The van der Waals surface area contributed by atoms with Gasteiger partial charge in [0.25, 0.3) is 5.91 Å². The van der Waals surface area contributed by atoms with Gasteiger partial charge in [0.15, 0.2) is 11.5 Å². The van der Waals surface area contributed by atoms with Crippen molar-refractivity contribution in [1.82, 2.24) is 0 Å². The summed E-state index contributed by atoms with van der Waals surface area (Å²) < 4.78 is 54.6. The van der Waals surface area contributed by atoms with Crippen molar-refractivity contribution in [1.29, 1.82) is 0 Å². The van der Waals surface area contributed by atoms with Gasteiger partial charge in [-0.25, -0.2) is 0 Å². The van der Waals surface area contributed by atoms with Crippen LogP contribution in [0.1, 0.15) is 31.1 Å². The van der Waals surface area contributed by atoms with Crippen molar-refractivity contribution in [2.45, 2.75) is 31.8 Å². The number of carbonyl (C=O) groups is 1. The van der Waals surface area contributed by atoms with Gasteiger partial charge in [-0.05, 0) is 45.0 Å². The molecule has 164 valence electrons. The number of nitrogens with one attached hydrogen (secondary N) is 1. The quantitative estimate of drug-likeness (QED) is 0.471. The first-order valence-corrected chi connectivity index (χ1v) is 10.4. The average molecular weight is 443 g/mol. The maximum atomic E-state index is 12.9. The summed E-state index contributed by atoms with van der Waals surface area (Å²) in [6.45, 7) is 6.52. The lowest BCUT2D eigenvalue weighted by molar-refractivity contribution is -0.105. The Morgan fingerprint density at radius 1 is 0.967 bits per heavy atom. The normalized spacial score (nSPS) is 11.1. The van der Waals surface area contributed by atoms with Crippen molar-refractivity contribution in [2.24, 2.45) is 0 Å². The average Bonchev–Trinajstić information content (AvgIpc) is 2.69. The Balaban J connectivity index is 2.33. The molecule has 2 aromatic rings. The standard InChI is InChI=1S/C21H24F3NO4S/c1-4-27-16-11-14(12-17(28-5-2)19(16)29-6-3)20(26)25-15-9-7-8-10-18(15)30-13-21(22,23)24/h7-12H,4-6,13H2,1-3H3,(H,25,26). The van der Waals surface area contributed by atoms with Crippen molar-refractivity contribution in [3.8, 4) is 17.2 Å². The summed E-state index contributed by atoms with van der Waals surface area (Å²) in [4.78, 5) is 13.2. The molecule has 0 bridgehead atoms. The molecule has 5 nitrogen and oxygen atoms in total. The van der Waals surface area contributed by atoms with Crippen molar-refractivity contribution in [3.05, 3.63) is 42.0 Å². The minimum Gasteiger partial charge on any atom is -0.490 e. The number of hydrogen-bond donors (Lipinski definition) is 1. The summed E-state index contributed by atoms with van der Waals surface area (Å²) in [6, 6.07) is 9.39. The van der Waals surface area contributed by atoms with E-state index in [1.54, 1.807) is 32.0 Å². The molecule has 1 N–H and O–H groups in total. The van der Waals surface area contributed by atoms with E-state index in [-0.39, 0.29) is 5.56 Å². The highest BCUT2D eigenvalue weighted by Gasteiger charge is 2.28. The number of anilines is 1. The Bertz CT molecular complexity index is 831. The number of carbonyl (C=O) groups excluding carboxylic acids is 1. The molecule has 30 heavy (non-hydrogen) atoms. The van der Waals surface area contributed by atoms with Crippen LogP contribution in [0.3, 0.4) is 0 Å². The number of benzene rings is 2. The molecule has 1 amide bonds. The molecule has 0 aliphatic heterocycles. The first-order chi connectivity index (χ1) is 14.3. The maximum Gasteiger partial charge on any atom is 0.398 e. The molecule has 0 aliphatic carbocycles. The van der Waals surface area contributed by atoms with E-state index < -0.39 is 17.8 Å². The minimum absolute atomic E-state index is 0.237. The predicted octanol–water partition coefficient (Wildman–Crippen LogP) is 5.79. The lowest BCUT2D eigenvalue weighted by Crippen LogP contribution is -2.15. The Morgan fingerprint density at radius 2 is 1.53 bits per heavy atom. The number of ether oxygens (including phenoxy) is 3. The van der Waals surface area contributed by atoms with Gasteiger partial charge in [0.1, 0.15) is 0 Å². The second-order valence-electron chi connectivity index (χ2n) is 5.95. The number of alkyl halides is 3. The van der Waals surface area contributed by atoms with Gasteiger partial charge >= 0.3 is 6.18 Å². The molecule has 0 heterocycles. The summed E-state index contributed by atoms with van der Waals surface area (Å²) in [5.41, 5.74) is 0.530. The fraction of sp³-hybridized carbons (Fsp3) is 0.381. The van der Waals surface area contributed by atoms with Crippen molar-refractivity contribution >= 4 is 23.4 Å². The van der Waals surface area contributed by atoms with Gasteiger partial charge < -0.3 is 19.5 Å². The van der Waals surface area contributed by atoms with Gasteiger partial charge in [-0.2, -0.15) is 13.2 Å². The van der Waals surface area contributed by atoms with E-state index >= 15 is 0 Å². The van der Waals surface area contributed by atoms with Crippen molar-refractivity contribution in [3.63, 3.8) is 0 Å². The SMILES string of the molecule is CCOc1cc(C(=O)Nc2ccccc2SCC(F)(F)F)cc(OCC)c1OCC. The second kappa shape index (κ2) is 11.0. The summed E-state index contributed by atoms with van der Waals surface area (Å²) in [6.07, 6.45) is -4.31. The number of rotatable bonds is 10. The minimum atomic E-state index is -4.31. The highest BCUT2D eigenvalue weighted by Crippen LogP contribution is 2.39. The van der Waals surface area contributed by atoms with E-state index in [0.29, 0.717) is 59.4 Å². The third-order valence-corrected chi connectivity index (χ3v) is 4.84. The summed E-state index contributed by atoms with van der Waals surface area (Å²) in [5, 5.41) is 2.67. The molecule has 0 aromatic heterocycles. The highest BCUT2D eigenvalue weighted by molar-refractivity contribution is 7.99. The third-order valence-electron chi connectivity index (χ3n) is 3.70. The van der Waals surface area contributed by atoms with Gasteiger partial charge in [-0.1, -0.05) is 12.1 Å². The number of para-hydroxylation sites is 1. The van der Waals surface area contributed by atoms with E-state index in [1.165, 1.54) is 18.2 Å². The maximum absolute atomic E-state index is 12.9. The van der Waals surface area contributed by atoms with Crippen LogP contribution in [0, 0.1) is 0 Å². The summed E-state index contributed by atoms with van der Waals surface area (Å²) >= 11 is 0.614. The van der Waals surface area contributed by atoms with Crippen LogP contribution in [0.25, 0.3) is 0 Å². The molecule has 0 saturated carbocycles. The monoisotopic (exact) mass is 443 g/mol. The zero-order chi connectivity index (χ0) is 22.1. The Labute approximate surface area is 177 Å². The molecule has 0 atom stereocenters. The Kier molecular flexibility index (Phi) is 8.71. The second-order valence-corrected chi connectivity index (χ2v) is 6.97. The van der Waals surface area contributed by atoms with E-state index in [1.807, 2.05) is 6.92 Å². The first-order valence-electron chi connectivity index (χ1n) is 9.45.